The first-order valence-electron chi connectivity index (χ1n) is 16.8. The second kappa shape index (κ2) is 10.5. The number of fused-ring (bicyclic) bond motifs is 13. The van der Waals surface area contributed by atoms with Gasteiger partial charge in [0.25, 0.3) is 0 Å². The summed E-state index contributed by atoms with van der Waals surface area (Å²) in [5.41, 5.74) is 0.771. The summed E-state index contributed by atoms with van der Waals surface area (Å²) >= 11 is 0. The molecule has 0 spiro atoms. The Bertz CT molecular complexity index is 2160. The molecule has 48 heavy (non-hydrogen) atoms. The Morgan fingerprint density at radius 1 is 0.562 bits per heavy atom. The van der Waals surface area contributed by atoms with Crippen molar-refractivity contribution in [2.75, 3.05) is 11.5 Å². The Morgan fingerprint density at radius 3 is 1.50 bits per heavy atom. The second-order valence-electron chi connectivity index (χ2n) is 13.2. The van der Waals surface area contributed by atoms with Crippen LogP contribution in [0.4, 0.5) is 5.69 Å². The minimum Gasteiger partial charge on any atom is -0.491 e. The number of Topliss-reactive ketones (excluding diaryl/α,β-unsaturated/α-hetero) is 1. The van der Waals surface area contributed by atoms with E-state index >= 15 is 14.4 Å². The Balaban J connectivity index is 1.43. The lowest BCUT2D eigenvalue weighted by atomic mass is 9.59. The number of nitrogens with zero attached hydrogens (tertiary/aromatic N) is 1. The summed E-state index contributed by atoms with van der Waals surface area (Å²) in [6.45, 7) is 2.56. The first-order chi connectivity index (χ1) is 23.6. The van der Waals surface area contributed by atoms with E-state index in [0.29, 0.717) is 18.0 Å². The largest absolute Gasteiger partial charge is 0.491 e. The molecule has 2 aliphatic carbocycles. The SMILES string of the molecule is CCCCOc1ccccc1N1C(=O)[C@@H]2[C@H](C1=O)[C@@]1(c3ccccc3)C(=O)[C@]2(c2ccccc2)c2c1c1ccccc1c1ccccc21. The number of hydrogen-bond donors (Lipinski definition) is 0. The van der Waals surface area contributed by atoms with Crippen molar-refractivity contribution in [3.8, 4) is 5.75 Å². The van der Waals surface area contributed by atoms with Crippen molar-refractivity contribution < 1.29 is 19.1 Å². The summed E-state index contributed by atoms with van der Waals surface area (Å²) in [6.07, 6.45) is 1.80. The van der Waals surface area contributed by atoms with Crippen LogP contribution in [0.5, 0.6) is 5.75 Å². The zero-order valence-electron chi connectivity index (χ0n) is 26.6. The molecule has 2 amide bonds. The number of anilines is 1. The molecule has 1 saturated heterocycles. The maximum atomic E-state index is 16.0. The number of imide groups is 1. The normalized spacial score (nSPS) is 24.0. The van der Waals surface area contributed by atoms with Crippen LogP contribution in [0.2, 0.25) is 0 Å². The third-order valence-corrected chi connectivity index (χ3v) is 11.0. The first kappa shape index (κ1) is 28.7. The standard InChI is InChI=1S/C43H33NO4/c1-2-3-26-48-34-25-15-14-24-33(34)44-39(45)37-38(40(44)46)43(28-18-8-5-9-19-28)36-32-23-13-11-21-30(32)29-20-10-12-22-31(29)35(36)42(37,41(43)47)27-16-6-4-7-17-27/h4-25,37-38H,2-3,26H2,1H3/t37-,38+,42+,43-. The zero-order chi connectivity index (χ0) is 32.6. The number of rotatable bonds is 7. The third-order valence-electron chi connectivity index (χ3n) is 11.0. The van der Waals surface area contributed by atoms with E-state index in [1.165, 1.54) is 4.90 Å². The quantitative estimate of drug-likeness (QED) is 0.102. The van der Waals surface area contributed by atoms with Crippen molar-refractivity contribution in [1.82, 2.24) is 0 Å². The molecule has 0 aromatic heterocycles. The van der Waals surface area contributed by atoms with E-state index in [1.807, 2.05) is 103 Å². The van der Waals surface area contributed by atoms with Crippen molar-refractivity contribution in [2.45, 2.75) is 30.6 Å². The van der Waals surface area contributed by atoms with Gasteiger partial charge in [-0.2, -0.15) is 0 Å². The molecule has 6 aromatic rings. The van der Waals surface area contributed by atoms with Crippen LogP contribution in [0.1, 0.15) is 42.0 Å². The van der Waals surface area contributed by atoms with Crippen LogP contribution in [0.25, 0.3) is 21.5 Å². The molecule has 5 nitrogen and oxygen atoms in total. The number of ether oxygens (including phenoxy) is 1. The number of hydrogen-bond acceptors (Lipinski definition) is 4. The number of amides is 2. The van der Waals surface area contributed by atoms with Gasteiger partial charge in [0.1, 0.15) is 5.75 Å². The molecule has 5 heteroatoms. The summed E-state index contributed by atoms with van der Waals surface area (Å²) < 4.78 is 6.18. The van der Waals surface area contributed by atoms with E-state index in [1.54, 1.807) is 6.07 Å². The van der Waals surface area contributed by atoms with E-state index in [4.69, 9.17) is 4.74 Å². The Hall–Kier alpha value is -5.55. The molecule has 9 rings (SSSR count). The third kappa shape index (κ3) is 3.38. The number of para-hydroxylation sites is 2. The lowest BCUT2D eigenvalue weighted by Gasteiger charge is -2.38. The van der Waals surface area contributed by atoms with Gasteiger partial charge in [-0.3, -0.25) is 14.4 Å². The number of ketones is 1. The molecule has 2 fully saturated rings. The van der Waals surface area contributed by atoms with E-state index in [0.717, 1.165) is 56.6 Å². The molecule has 1 saturated carbocycles. The average molecular weight is 628 g/mol. The van der Waals surface area contributed by atoms with Gasteiger partial charge >= 0.3 is 0 Å². The van der Waals surface area contributed by atoms with E-state index in [2.05, 4.69) is 31.2 Å². The molecular formula is C43H33NO4. The van der Waals surface area contributed by atoms with Crippen LogP contribution in [0, 0.1) is 11.8 Å². The van der Waals surface area contributed by atoms with E-state index in [-0.39, 0.29) is 17.6 Å². The second-order valence-corrected chi connectivity index (χ2v) is 13.2. The topological polar surface area (TPSA) is 63.7 Å². The maximum absolute atomic E-state index is 16.0. The predicted molar refractivity (Wildman–Crippen MR) is 187 cm³/mol. The van der Waals surface area contributed by atoms with Crippen molar-refractivity contribution in [1.29, 1.82) is 0 Å². The number of carbonyl (C=O) groups is 3. The van der Waals surface area contributed by atoms with Gasteiger partial charge in [0.2, 0.25) is 11.8 Å². The average Bonchev–Trinajstić information content (AvgIpc) is 3.65. The fourth-order valence-corrected chi connectivity index (χ4v) is 9.27. The number of unbranched alkanes of at least 4 members (excludes halogenated alkanes) is 1. The first-order valence-corrected chi connectivity index (χ1v) is 16.8. The Morgan fingerprint density at radius 2 is 1.00 bits per heavy atom. The highest BCUT2D eigenvalue weighted by Gasteiger charge is 2.82. The summed E-state index contributed by atoms with van der Waals surface area (Å²) in [6, 6.07) is 43.0. The molecule has 2 bridgehead atoms. The highest BCUT2D eigenvalue weighted by atomic mass is 16.5. The summed E-state index contributed by atoms with van der Waals surface area (Å²) in [5, 5.41) is 3.90. The summed E-state index contributed by atoms with van der Waals surface area (Å²) in [7, 11) is 0. The molecule has 0 N–H and O–H groups in total. The molecule has 234 valence electrons. The van der Waals surface area contributed by atoms with Crippen LogP contribution in [0.15, 0.2) is 133 Å². The van der Waals surface area contributed by atoms with Crippen molar-refractivity contribution in [3.63, 3.8) is 0 Å². The van der Waals surface area contributed by atoms with Gasteiger partial charge < -0.3 is 4.74 Å². The van der Waals surface area contributed by atoms with Crippen molar-refractivity contribution in [2.24, 2.45) is 11.8 Å². The van der Waals surface area contributed by atoms with Crippen LogP contribution in [-0.2, 0) is 25.2 Å². The van der Waals surface area contributed by atoms with Crippen LogP contribution in [0.3, 0.4) is 0 Å². The Kier molecular flexibility index (Phi) is 6.26. The fraction of sp³-hybridized carbons (Fsp3) is 0.186. The molecule has 4 atom stereocenters. The predicted octanol–water partition coefficient (Wildman–Crippen LogP) is 8.15. The maximum Gasteiger partial charge on any atom is 0.239 e. The van der Waals surface area contributed by atoms with Gasteiger partial charge in [-0.25, -0.2) is 4.90 Å². The summed E-state index contributed by atoms with van der Waals surface area (Å²) in [4.78, 5) is 47.9. The monoisotopic (exact) mass is 627 g/mol. The summed E-state index contributed by atoms with van der Waals surface area (Å²) in [5.74, 6) is -2.26. The molecule has 1 heterocycles. The fourth-order valence-electron chi connectivity index (χ4n) is 9.27. The van der Waals surface area contributed by atoms with Gasteiger partial charge in [-0.05, 0) is 62.4 Å². The van der Waals surface area contributed by atoms with Crippen LogP contribution < -0.4 is 9.64 Å². The van der Waals surface area contributed by atoms with Gasteiger partial charge in [-0.1, -0.05) is 135 Å². The zero-order valence-corrected chi connectivity index (χ0v) is 26.6. The Labute approximate surface area is 278 Å². The van der Waals surface area contributed by atoms with Crippen LogP contribution in [-0.4, -0.2) is 24.2 Å². The molecule has 6 aromatic carbocycles. The van der Waals surface area contributed by atoms with Crippen LogP contribution >= 0.6 is 0 Å². The minimum atomic E-state index is -1.40. The minimum absolute atomic E-state index is 0.104. The van der Waals surface area contributed by atoms with E-state index < -0.39 is 22.7 Å². The van der Waals surface area contributed by atoms with Gasteiger partial charge in [-0.15, -0.1) is 0 Å². The van der Waals surface area contributed by atoms with Gasteiger partial charge in [0.15, 0.2) is 5.78 Å². The molecule has 0 unspecified atom stereocenters. The van der Waals surface area contributed by atoms with Gasteiger partial charge in [0.05, 0.1) is 35.0 Å². The number of carbonyl (C=O) groups excluding carboxylic acids is 3. The number of benzene rings is 6. The lowest BCUT2D eigenvalue weighted by Crippen LogP contribution is -2.45. The van der Waals surface area contributed by atoms with Crippen molar-refractivity contribution >= 4 is 44.8 Å². The van der Waals surface area contributed by atoms with Gasteiger partial charge in [0, 0.05) is 0 Å². The molecule has 3 aliphatic rings. The highest BCUT2D eigenvalue weighted by Crippen LogP contribution is 2.72. The highest BCUT2D eigenvalue weighted by molar-refractivity contribution is 6.34. The molecule has 1 aliphatic heterocycles. The van der Waals surface area contributed by atoms with E-state index in [9.17, 15) is 0 Å². The molecule has 0 radical (unpaired) electrons. The van der Waals surface area contributed by atoms with Crippen molar-refractivity contribution in [3.05, 3.63) is 156 Å². The lowest BCUT2D eigenvalue weighted by molar-refractivity contribution is -0.130. The smallest absolute Gasteiger partial charge is 0.239 e. The molecular weight excluding hydrogens is 594 g/mol.